The average molecular weight is 264 g/mol. The quantitative estimate of drug-likeness (QED) is 0.376. The number of amides is 2. The van der Waals surface area contributed by atoms with E-state index >= 15 is 0 Å². The van der Waals surface area contributed by atoms with Gasteiger partial charge < -0.3 is 10.6 Å². The molecule has 6 heteroatoms. The first-order chi connectivity index (χ1) is 7.52. The number of carbonyl (C=O) groups excluding carboxylic acids is 2. The zero-order chi connectivity index (χ0) is 12.4. The summed E-state index contributed by atoms with van der Waals surface area (Å²) in [7, 11) is 3.41. The highest BCUT2D eigenvalue weighted by Crippen LogP contribution is 2.24. The van der Waals surface area contributed by atoms with Crippen LogP contribution in [0.2, 0.25) is 0 Å². The van der Waals surface area contributed by atoms with Crippen LogP contribution in [0, 0.1) is 0 Å². The van der Waals surface area contributed by atoms with Crippen molar-refractivity contribution < 1.29 is 9.59 Å². The van der Waals surface area contributed by atoms with Crippen LogP contribution < -0.4 is 10.6 Å². The van der Waals surface area contributed by atoms with Crippen molar-refractivity contribution >= 4 is 33.9 Å². The van der Waals surface area contributed by atoms with Gasteiger partial charge in [0.05, 0.1) is 0 Å². The fraction of sp³-hybridized carbons (Fsp3) is 0.800. The SMILES string of the molecule is CCC(=O)NCCSSCC(C)(C)NC=O. The second-order valence-corrected chi connectivity index (χ2v) is 6.52. The number of hydrogen-bond donors (Lipinski definition) is 2. The van der Waals surface area contributed by atoms with E-state index < -0.39 is 0 Å². The topological polar surface area (TPSA) is 58.2 Å². The van der Waals surface area contributed by atoms with Gasteiger partial charge in [-0.05, 0) is 13.8 Å². The number of carbonyl (C=O) groups is 2. The van der Waals surface area contributed by atoms with Crippen molar-refractivity contribution in [3.8, 4) is 0 Å². The van der Waals surface area contributed by atoms with Gasteiger partial charge in [0.1, 0.15) is 0 Å². The molecule has 94 valence electrons. The molecule has 0 aliphatic carbocycles. The minimum Gasteiger partial charge on any atom is -0.355 e. The molecule has 0 rings (SSSR count). The van der Waals surface area contributed by atoms with E-state index in [1.165, 1.54) is 0 Å². The predicted octanol–water partition coefficient (Wildman–Crippen LogP) is 1.42. The Morgan fingerprint density at radius 1 is 1.38 bits per heavy atom. The van der Waals surface area contributed by atoms with Crippen LogP contribution in [0.1, 0.15) is 27.2 Å². The van der Waals surface area contributed by atoms with Crippen LogP contribution in [-0.4, -0.2) is 35.9 Å². The Hall–Kier alpha value is -0.360. The van der Waals surface area contributed by atoms with Crippen molar-refractivity contribution in [2.75, 3.05) is 18.1 Å². The van der Waals surface area contributed by atoms with Gasteiger partial charge in [-0.1, -0.05) is 28.5 Å². The summed E-state index contributed by atoms with van der Waals surface area (Å²) in [5.74, 6) is 1.82. The lowest BCUT2D eigenvalue weighted by atomic mass is 10.1. The second kappa shape index (κ2) is 8.75. The smallest absolute Gasteiger partial charge is 0.219 e. The Balaban J connectivity index is 3.39. The maximum Gasteiger partial charge on any atom is 0.219 e. The molecule has 0 saturated carbocycles. The lowest BCUT2D eigenvalue weighted by molar-refractivity contribution is -0.120. The molecule has 0 fully saturated rings. The summed E-state index contributed by atoms with van der Waals surface area (Å²) in [6, 6.07) is 0. The molecule has 16 heavy (non-hydrogen) atoms. The molecule has 0 aromatic heterocycles. The highest BCUT2D eigenvalue weighted by Gasteiger charge is 2.15. The average Bonchev–Trinajstić information content (AvgIpc) is 2.22. The third kappa shape index (κ3) is 8.91. The number of rotatable bonds is 9. The summed E-state index contributed by atoms with van der Waals surface area (Å²) >= 11 is 0. The van der Waals surface area contributed by atoms with E-state index in [9.17, 15) is 9.59 Å². The first kappa shape index (κ1) is 15.6. The van der Waals surface area contributed by atoms with Gasteiger partial charge in [-0.3, -0.25) is 9.59 Å². The second-order valence-electron chi connectivity index (χ2n) is 3.93. The summed E-state index contributed by atoms with van der Waals surface area (Å²) in [5.41, 5.74) is -0.175. The van der Waals surface area contributed by atoms with Gasteiger partial charge in [-0.15, -0.1) is 0 Å². The van der Waals surface area contributed by atoms with E-state index in [0.717, 1.165) is 17.9 Å². The van der Waals surface area contributed by atoms with Crippen LogP contribution in [0.25, 0.3) is 0 Å². The first-order valence-corrected chi connectivity index (χ1v) is 7.73. The van der Waals surface area contributed by atoms with E-state index in [0.29, 0.717) is 13.0 Å². The van der Waals surface area contributed by atoms with Crippen molar-refractivity contribution in [1.82, 2.24) is 10.6 Å². The molecule has 0 spiro atoms. The van der Waals surface area contributed by atoms with E-state index in [1.807, 2.05) is 20.8 Å². The fourth-order valence-electron chi connectivity index (χ4n) is 0.806. The molecule has 0 heterocycles. The Labute approximate surface area is 105 Å². The predicted molar refractivity (Wildman–Crippen MR) is 71.5 cm³/mol. The zero-order valence-corrected chi connectivity index (χ0v) is 11.7. The Morgan fingerprint density at radius 2 is 2.06 bits per heavy atom. The van der Waals surface area contributed by atoms with Crippen LogP contribution in [-0.2, 0) is 9.59 Å². The highest BCUT2D eigenvalue weighted by atomic mass is 33.1. The minimum atomic E-state index is -0.175. The third-order valence-electron chi connectivity index (χ3n) is 1.78. The van der Waals surface area contributed by atoms with Crippen LogP contribution in [0.15, 0.2) is 0 Å². The summed E-state index contributed by atoms with van der Waals surface area (Å²) in [5, 5.41) is 5.57. The van der Waals surface area contributed by atoms with Crippen LogP contribution in [0.4, 0.5) is 0 Å². The highest BCUT2D eigenvalue weighted by molar-refractivity contribution is 8.76. The van der Waals surface area contributed by atoms with E-state index in [-0.39, 0.29) is 11.4 Å². The summed E-state index contributed by atoms with van der Waals surface area (Å²) in [6.07, 6.45) is 1.26. The van der Waals surface area contributed by atoms with E-state index in [2.05, 4.69) is 10.6 Å². The molecule has 0 unspecified atom stereocenters. The van der Waals surface area contributed by atoms with Gasteiger partial charge in [-0.2, -0.15) is 0 Å². The molecular weight excluding hydrogens is 244 g/mol. The standard InChI is InChI=1S/C10H20N2O2S2/c1-4-9(14)11-5-6-15-16-7-10(2,3)12-8-13/h8H,4-7H2,1-3H3,(H,11,14)(H,12,13). The number of hydrogen-bond acceptors (Lipinski definition) is 4. The zero-order valence-electron chi connectivity index (χ0n) is 10.0. The van der Waals surface area contributed by atoms with Gasteiger partial charge in [-0.25, -0.2) is 0 Å². The largest absolute Gasteiger partial charge is 0.355 e. The molecule has 0 radical (unpaired) electrons. The fourth-order valence-corrected chi connectivity index (χ4v) is 3.31. The van der Waals surface area contributed by atoms with E-state index in [1.54, 1.807) is 21.6 Å². The van der Waals surface area contributed by atoms with Crippen molar-refractivity contribution in [2.24, 2.45) is 0 Å². The monoisotopic (exact) mass is 264 g/mol. The van der Waals surface area contributed by atoms with Crippen molar-refractivity contribution in [1.29, 1.82) is 0 Å². The molecular formula is C10H20N2O2S2. The summed E-state index contributed by atoms with van der Waals surface area (Å²) < 4.78 is 0. The minimum absolute atomic E-state index is 0.0913. The lowest BCUT2D eigenvalue weighted by Crippen LogP contribution is -2.40. The van der Waals surface area contributed by atoms with Gasteiger partial charge in [0.15, 0.2) is 0 Å². The van der Waals surface area contributed by atoms with Crippen molar-refractivity contribution in [3.05, 3.63) is 0 Å². The molecule has 4 nitrogen and oxygen atoms in total. The summed E-state index contributed by atoms with van der Waals surface area (Å²) in [6.45, 7) is 6.50. The van der Waals surface area contributed by atoms with Gasteiger partial charge in [0, 0.05) is 30.0 Å². The molecule has 0 atom stereocenters. The van der Waals surface area contributed by atoms with Crippen molar-refractivity contribution in [2.45, 2.75) is 32.7 Å². The van der Waals surface area contributed by atoms with Crippen LogP contribution in [0.3, 0.4) is 0 Å². The molecule has 2 amide bonds. The molecule has 0 saturated heterocycles. The Kier molecular flexibility index (Phi) is 8.56. The van der Waals surface area contributed by atoms with Crippen LogP contribution >= 0.6 is 21.6 Å². The Morgan fingerprint density at radius 3 is 2.62 bits per heavy atom. The summed E-state index contributed by atoms with van der Waals surface area (Å²) in [4.78, 5) is 21.2. The first-order valence-electron chi connectivity index (χ1n) is 5.24. The number of nitrogens with one attached hydrogen (secondary N) is 2. The van der Waals surface area contributed by atoms with Crippen molar-refractivity contribution in [3.63, 3.8) is 0 Å². The van der Waals surface area contributed by atoms with Gasteiger partial charge in [0.2, 0.25) is 12.3 Å². The van der Waals surface area contributed by atoms with Gasteiger partial charge >= 0.3 is 0 Å². The van der Waals surface area contributed by atoms with E-state index in [4.69, 9.17) is 0 Å². The maximum absolute atomic E-state index is 10.9. The van der Waals surface area contributed by atoms with Crippen LogP contribution in [0.5, 0.6) is 0 Å². The lowest BCUT2D eigenvalue weighted by Gasteiger charge is -2.22. The molecule has 0 aliphatic heterocycles. The molecule has 0 bridgehead atoms. The third-order valence-corrected chi connectivity index (χ3v) is 4.51. The molecule has 0 aromatic rings. The van der Waals surface area contributed by atoms with Gasteiger partial charge in [0.25, 0.3) is 0 Å². The maximum atomic E-state index is 10.9. The molecule has 2 N–H and O–H groups in total. The normalized spacial score (nSPS) is 10.9. The molecule has 0 aromatic carbocycles. The Bertz CT molecular complexity index is 223. The molecule has 0 aliphatic rings.